The molecule has 2 bridgehead atoms. The van der Waals surface area contributed by atoms with E-state index >= 15 is 0 Å². The molecule has 0 radical (unpaired) electrons. The molecule has 1 spiro atoms. The van der Waals surface area contributed by atoms with Crippen LogP contribution in [0.1, 0.15) is 38.7 Å². The number of sulfonamides is 1. The second-order valence-corrected chi connectivity index (χ2v) is 10.9. The van der Waals surface area contributed by atoms with Gasteiger partial charge in [-0.05, 0) is 42.6 Å². The highest BCUT2D eigenvalue weighted by atomic mass is 32.2. The molecule has 7 heteroatoms. The molecular weight excluding hydrogens is 364 g/mol. The number of nitrogens with zero attached hydrogens (tertiary/aromatic N) is 2. The van der Waals surface area contributed by atoms with Crippen LogP contribution in [0, 0.1) is 16.7 Å². The summed E-state index contributed by atoms with van der Waals surface area (Å²) < 4.78 is 27.3. The van der Waals surface area contributed by atoms with E-state index in [9.17, 15) is 18.4 Å². The second-order valence-electron chi connectivity index (χ2n) is 9.03. The molecule has 1 aromatic rings. The summed E-state index contributed by atoms with van der Waals surface area (Å²) in [5, 5.41) is 11.0. The Kier molecular flexibility index (Phi) is 4.22. The largest absolute Gasteiger partial charge is 0.313 e. The van der Waals surface area contributed by atoms with Crippen molar-refractivity contribution in [3.8, 4) is 0 Å². The van der Waals surface area contributed by atoms with E-state index in [1.165, 1.54) is 7.05 Å². The first-order chi connectivity index (χ1) is 12.6. The SMILES string of the molecule is CN(O)[C@@H](Cc1ccccc1)C(=O)N1[C@@H]2C[C@H]3CC[C@]2(CS1(=O)=O)C3(C)C. The molecule has 3 aliphatic rings. The van der Waals surface area contributed by atoms with Crippen LogP contribution in [0.2, 0.25) is 0 Å². The van der Waals surface area contributed by atoms with Gasteiger partial charge >= 0.3 is 0 Å². The third-order valence-corrected chi connectivity index (χ3v) is 9.55. The van der Waals surface area contributed by atoms with E-state index < -0.39 is 22.0 Å². The zero-order valence-corrected chi connectivity index (χ0v) is 16.9. The number of likely N-dealkylation sites (N-methyl/N-ethyl adjacent to an activating group) is 1. The third kappa shape index (κ3) is 2.58. The van der Waals surface area contributed by atoms with Crippen LogP contribution in [0.15, 0.2) is 30.3 Å². The van der Waals surface area contributed by atoms with Gasteiger partial charge in [-0.1, -0.05) is 44.2 Å². The van der Waals surface area contributed by atoms with E-state index in [0.717, 1.165) is 34.2 Å². The average molecular weight is 393 g/mol. The van der Waals surface area contributed by atoms with E-state index in [1.54, 1.807) is 0 Å². The topological polar surface area (TPSA) is 77.9 Å². The van der Waals surface area contributed by atoms with Crippen molar-refractivity contribution in [1.82, 2.24) is 9.37 Å². The number of hydroxylamine groups is 2. The highest BCUT2D eigenvalue weighted by Gasteiger charge is 2.72. The molecule has 2 aliphatic carbocycles. The summed E-state index contributed by atoms with van der Waals surface area (Å²) in [5.74, 6) is -0.00517. The van der Waals surface area contributed by atoms with Crippen LogP contribution in [0.3, 0.4) is 0 Å². The van der Waals surface area contributed by atoms with Gasteiger partial charge in [0.2, 0.25) is 10.0 Å². The fourth-order valence-corrected chi connectivity index (χ4v) is 8.51. The van der Waals surface area contributed by atoms with E-state index in [2.05, 4.69) is 13.8 Å². The number of carbonyl (C=O) groups is 1. The quantitative estimate of drug-likeness (QED) is 0.796. The molecule has 3 fully saturated rings. The van der Waals surface area contributed by atoms with Crippen LogP contribution in [-0.2, 0) is 21.2 Å². The van der Waals surface area contributed by atoms with Crippen LogP contribution in [0.4, 0.5) is 0 Å². The third-order valence-electron chi connectivity index (χ3n) is 7.64. The number of amides is 1. The van der Waals surface area contributed by atoms with Crippen LogP contribution in [0.5, 0.6) is 0 Å². The summed E-state index contributed by atoms with van der Waals surface area (Å²) in [6.45, 7) is 4.32. The fourth-order valence-electron chi connectivity index (χ4n) is 5.94. The first-order valence-corrected chi connectivity index (χ1v) is 11.2. The molecule has 0 unspecified atom stereocenters. The molecule has 1 N–H and O–H groups in total. The molecule has 27 heavy (non-hydrogen) atoms. The summed E-state index contributed by atoms with van der Waals surface area (Å²) in [5.41, 5.74) is 0.452. The van der Waals surface area contributed by atoms with Gasteiger partial charge in [0.15, 0.2) is 0 Å². The van der Waals surface area contributed by atoms with Crippen LogP contribution < -0.4 is 0 Å². The summed E-state index contributed by atoms with van der Waals surface area (Å²) in [4.78, 5) is 13.4. The maximum atomic E-state index is 13.4. The maximum absolute atomic E-state index is 13.4. The Labute approximate surface area is 161 Å². The molecule has 2 saturated carbocycles. The first kappa shape index (κ1) is 18.9. The van der Waals surface area contributed by atoms with Gasteiger partial charge in [0.05, 0.1) is 11.8 Å². The summed E-state index contributed by atoms with van der Waals surface area (Å²) in [6.07, 6.45) is 2.90. The normalized spacial score (nSPS) is 34.0. The molecule has 148 valence electrons. The van der Waals surface area contributed by atoms with Crippen molar-refractivity contribution in [2.75, 3.05) is 12.8 Å². The summed E-state index contributed by atoms with van der Waals surface area (Å²) >= 11 is 0. The molecule has 6 nitrogen and oxygen atoms in total. The van der Waals surface area contributed by atoms with E-state index in [-0.39, 0.29) is 29.0 Å². The lowest BCUT2D eigenvalue weighted by Gasteiger charge is -2.37. The van der Waals surface area contributed by atoms with Crippen molar-refractivity contribution in [3.05, 3.63) is 35.9 Å². The minimum absolute atomic E-state index is 0.0487. The number of hydrogen-bond donors (Lipinski definition) is 1. The highest BCUT2D eigenvalue weighted by molar-refractivity contribution is 7.90. The minimum Gasteiger partial charge on any atom is -0.313 e. The molecule has 0 aromatic heterocycles. The number of rotatable bonds is 4. The van der Waals surface area contributed by atoms with E-state index in [4.69, 9.17) is 0 Å². The predicted molar refractivity (Wildman–Crippen MR) is 101 cm³/mol. The van der Waals surface area contributed by atoms with Crippen molar-refractivity contribution in [3.63, 3.8) is 0 Å². The lowest BCUT2D eigenvalue weighted by atomic mass is 9.69. The zero-order valence-electron chi connectivity index (χ0n) is 16.1. The first-order valence-electron chi connectivity index (χ1n) is 9.62. The molecule has 1 aromatic carbocycles. The van der Waals surface area contributed by atoms with Gasteiger partial charge in [-0.3, -0.25) is 4.79 Å². The monoisotopic (exact) mass is 392 g/mol. The van der Waals surface area contributed by atoms with Gasteiger partial charge in [-0.25, -0.2) is 12.7 Å². The Morgan fingerprint density at radius 1 is 1.33 bits per heavy atom. The van der Waals surface area contributed by atoms with Crippen LogP contribution in [-0.4, -0.2) is 53.8 Å². The van der Waals surface area contributed by atoms with Crippen LogP contribution in [0.25, 0.3) is 0 Å². The Morgan fingerprint density at radius 3 is 2.59 bits per heavy atom. The Morgan fingerprint density at radius 2 is 2.00 bits per heavy atom. The lowest BCUT2D eigenvalue weighted by Crippen LogP contribution is -2.52. The summed E-state index contributed by atoms with van der Waals surface area (Å²) in [6, 6.07) is 8.19. The number of hydrogen-bond acceptors (Lipinski definition) is 5. The Bertz CT molecular complexity index is 852. The molecule has 1 heterocycles. The maximum Gasteiger partial charge on any atom is 0.256 e. The van der Waals surface area contributed by atoms with Gasteiger partial charge in [-0.15, -0.1) is 0 Å². The van der Waals surface area contributed by atoms with Crippen molar-refractivity contribution >= 4 is 15.9 Å². The van der Waals surface area contributed by atoms with Crippen molar-refractivity contribution in [2.24, 2.45) is 16.7 Å². The number of benzene rings is 1. The molecule has 1 amide bonds. The molecule has 4 atom stereocenters. The van der Waals surface area contributed by atoms with Crippen molar-refractivity contribution in [2.45, 2.75) is 51.6 Å². The number of fused-ring (bicyclic) bond motifs is 1. The van der Waals surface area contributed by atoms with Gasteiger partial charge < -0.3 is 5.21 Å². The van der Waals surface area contributed by atoms with Gasteiger partial charge in [0, 0.05) is 12.5 Å². The Balaban J connectivity index is 1.68. The summed E-state index contributed by atoms with van der Waals surface area (Å²) in [7, 11) is -2.27. The van der Waals surface area contributed by atoms with Gasteiger partial charge in [-0.2, -0.15) is 5.06 Å². The van der Waals surface area contributed by atoms with E-state index in [0.29, 0.717) is 5.92 Å². The highest BCUT2D eigenvalue weighted by Crippen LogP contribution is 2.70. The lowest BCUT2D eigenvalue weighted by molar-refractivity contribution is -0.154. The minimum atomic E-state index is -3.69. The molecule has 1 aliphatic heterocycles. The fraction of sp³-hybridized carbons (Fsp3) is 0.650. The van der Waals surface area contributed by atoms with Crippen molar-refractivity contribution in [1.29, 1.82) is 0 Å². The molecule has 1 saturated heterocycles. The smallest absolute Gasteiger partial charge is 0.256 e. The van der Waals surface area contributed by atoms with Crippen molar-refractivity contribution < 1.29 is 18.4 Å². The van der Waals surface area contributed by atoms with Gasteiger partial charge in [0.25, 0.3) is 5.91 Å². The van der Waals surface area contributed by atoms with Gasteiger partial charge in [0.1, 0.15) is 6.04 Å². The average Bonchev–Trinajstić information content (AvgIpc) is 3.07. The predicted octanol–water partition coefficient (Wildman–Crippen LogP) is 2.29. The number of carbonyl (C=O) groups excluding carboxylic acids is 1. The van der Waals surface area contributed by atoms with E-state index in [1.807, 2.05) is 30.3 Å². The molecule has 4 rings (SSSR count). The zero-order chi connectivity index (χ0) is 19.6. The standard InChI is InChI=1S/C20H28N2O4S/c1-19(2)15-9-10-20(19)13-27(25,26)22(17(20)12-15)18(23)16(21(3)24)11-14-7-5-4-6-8-14/h4-8,15-17,24H,9-13H2,1-3H3/t15-,16+,17-,20-/m1/s1. The second kappa shape index (κ2) is 6.03. The Hall–Kier alpha value is -1.44. The molecular formula is C20H28N2O4S. The van der Waals surface area contributed by atoms with Crippen LogP contribution >= 0.6 is 0 Å².